The predicted octanol–water partition coefficient (Wildman–Crippen LogP) is 5.44. The van der Waals surface area contributed by atoms with Gasteiger partial charge in [0.15, 0.2) is 0 Å². The summed E-state index contributed by atoms with van der Waals surface area (Å²) in [5.74, 6) is 1.63. The van der Waals surface area contributed by atoms with E-state index in [9.17, 15) is 0 Å². The van der Waals surface area contributed by atoms with Gasteiger partial charge in [0, 0.05) is 6.61 Å². The molecule has 0 aromatic heterocycles. The second-order valence-corrected chi connectivity index (χ2v) is 21.9. The topological polar surface area (TPSA) is 55.4 Å². The highest BCUT2D eigenvalue weighted by Gasteiger charge is 2.41. The molecule has 6 nitrogen and oxygen atoms in total. The summed E-state index contributed by atoms with van der Waals surface area (Å²) in [6.07, 6.45) is 13.7. The van der Waals surface area contributed by atoms with Crippen molar-refractivity contribution in [2.24, 2.45) is 17.3 Å². The van der Waals surface area contributed by atoms with Crippen molar-refractivity contribution in [3.05, 3.63) is 12.7 Å². The maximum Gasteiger partial charge on any atom is 0.317 e. The summed E-state index contributed by atoms with van der Waals surface area (Å²) in [4.78, 5) is 0. The van der Waals surface area contributed by atoms with E-state index in [2.05, 4.69) is 46.6 Å². The lowest BCUT2D eigenvalue weighted by atomic mass is 9.60. The van der Waals surface area contributed by atoms with E-state index < -0.39 is 36.4 Å². The van der Waals surface area contributed by atoms with E-state index in [-0.39, 0.29) is 0 Å². The van der Waals surface area contributed by atoms with Gasteiger partial charge in [-0.15, -0.1) is 6.58 Å². The molecule has 2 atom stereocenters. The van der Waals surface area contributed by atoms with Crippen LogP contribution in [0.25, 0.3) is 0 Å². The fourth-order valence-electron chi connectivity index (χ4n) is 6.60. The Morgan fingerprint density at radius 2 is 1.31 bits per heavy atom. The third-order valence-corrected chi connectivity index (χ3v) is 22.7. The molecule has 2 aliphatic carbocycles. The summed E-state index contributed by atoms with van der Waals surface area (Å²) in [5.41, 5.74) is 0.410. The third kappa shape index (κ3) is 9.26. The molecule has 2 saturated carbocycles. The quantitative estimate of drug-likeness (QED) is 0.201. The summed E-state index contributed by atoms with van der Waals surface area (Å²) in [6.45, 7) is 18.8. The predicted molar refractivity (Wildman–Crippen MR) is 152 cm³/mol. The van der Waals surface area contributed by atoms with Crippen molar-refractivity contribution in [1.82, 2.24) is 0 Å². The Morgan fingerprint density at radius 1 is 0.829 bits per heavy atom. The summed E-state index contributed by atoms with van der Waals surface area (Å²) in [5, 5.41) is 0. The van der Waals surface area contributed by atoms with Crippen LogP contribution in [-0.4, -0.2) is 61.8 Å². The summed E-state index contributed by atoms with van der Waals surface area (Å²) in [6, 6.07) is 0.964. The lowest BCUT2D eigenvalue weighted by Crippen LogP contribution is -2.53. The number of hydrogen-bond acceptors (Lipinski definition) is 6. The largest absolute Gasteiger partial charge is 0.420 e. The highest BCUT2D eigenvalue weighted by Crippen LogP contribution is 2.48. The van der Waals surface area contributed by atoms with Crippen molar-refractivity contribution in [2.45, 2.75) is 116 Å². The van der Waals surface area contributed by atoms with Gasteiger partial charge in [-0.25, -0.2) is 0 Å². The van der Waals surface area contributed by atoms with Crippen LogP contribution in [0.5, 0.6) is 0 Å². The van der Waals surface area contributed by atoms with E-state index in [1.165, 1.54) is 51.4 Å². The van der Waals surface area contributed by atoms with Gasteiger partial charge in [-0.2, -0.15) is 0 Å². The Kier molecular flexibility index (Phi) is 11.9. The van der Waals surface area contributed by atoms with Gasteiger partial charge in [0.05, 0.1) is 18.8 Å². The highest BCUT2D eigenvalue weighted by molar-refractivity contribution is 6.81. The molecule has 0 aromatic carbocycles. The zero-order valence-corrected chi connectivity index (χ0v) is 27.7. The molecule has 0 N–H and O–H groups in total. The fraction of sp³-hybridized carbons (Fsp3) is 0.920. The molecule has 10 heteroatoms. The minimum absolute atomic E-state index is 0.410. The second-order valence-electron chi connectivity index (χ2n) is 11.7. The van der Waals surface area contributed by atoms with E-state index in [1.54, 1.807) is 0 Å². The minimum atomic E-state index is -2.23. The maximum atomic E-state index is 6.40. The summed E-state index contributed by atoms with van der Waals surface area (Å²) in [7, 11) is -7.11. The minimum Gasteiger partial charge on any atom is -0.420 e. The molecule has 0 spiro atoms. The van der Waals surface area contributed by atoms with Crippen LogP contribution in [-0.2, 0) is 25.9 Å². The van der Waals surface area contributed by atoms with Crippen molar-refractivity contribution in [2.75, 3.05) is 13.2 Å². The molecule has 0 amide bonds. The Hall–Kier alpha value is 0.368. The first-order valence-corrected chi connectivity index (χ1v) is 22.9. The van der Waals surface area contributed by atoms with E-state index in [0.29, 0.717) is 24.2 Å². The molecule has 1 aliphatic heterocycles. The van der Waals surface area contributed by atoms with Crippen molar-refractivity contribution < 1.29 is 25.9 Å². The van der Waals surface area contributed by atoms with E-state index in [4.69, 9.17) is 25.9 Å². The van der Waals surface area contributed by atoms with Crippen LogP contribution in [0.3, 0.4) is 0 Å². The van der Waals surface area contributed by atoms with Crippen LogP contribution in [0.2, 0.25) is 32.2 Å². The van der Waals surface area contributed by atoms with Crippen LogP contribution in [0.15, 0.2) is 12.7 Å². The molecule has 3 fully saturated rings. The van der Waals surface area contributed by atoms with Crippen molar-refractivity contribution in [3.63, 3.8) is 0 Å². The van der Waals surface area contributed by atoms with Gasteiger partial charge in [-0.1, -0.05) is 19.9 Å². The SMILES string of the molecule is C=CCOC1CCC(C(C)(C)C2CCC(OCCC[Si]3(C)O[SiH](C)O[SiH](C)O[SiH](C)O3)CC2)CC1. The molecule has 35 heavy (non-hydrogen) atoms. The Morgan fingerprint density at radius 3 is 1.80 bits per heavy atom. The molecule has 2 unspecified atom stereocenters. The Bertz CT molecular complexity index is 623. The first-order chi connectivity index (χ1) is 16.6. The standard InChI is InChI=1S/C25H52O6Si4/c1-8-18-26-23-14-10-21(11-15-23)25(2,3)22-12-16-24(17-13-22)27-19-9-20-35(7)30-33(5)28-32(4)29-34(6)31-35/h8,21-24,32-34H,1,9-20H2,2-7H3. The van der Waals surface area contributed by atoms with Crippen molar-refractivity contribution >= 4 is 36.4 Å². The van der Waals surface area contributed by atoms with Gasteiger partial charge in [-0.3, -0.25) is 0 Å². The molecular formula is C25H52O6Si4. The van der Waals surface area contributed by atoms with E-state index in [1.807, 2.05) is 6.08 Å². The first kappa shape index (κ1) is 29.9. The third-order valence-electron chi connectivity index (χ3n) is 8.63. The molecule has 0 radical (unpaired) electrons. The molecule has 0 aromatic rings. The summed E-state index contributed by atoms with van der Waals surface area (Å²) < 4.78 is 37.2. The van der Waals surface area contributed by atoms with Crippen LogP contribution in [0, 0.1) is 17.3 Å². The average Bonchev–Trinajstić information content (AvgIpc) is 2.80. The van der Waals surface area contributed by atoms with Gasteiger partial charge in [0.1, 0.15) is 0 Å². The number of rotatable bonds is 10. The summed E-state index contributed by atoms with van der Waals surface area (Å²) >= 11 is 0. The lowest BCUT2D eigenvalue weighted by Gasteiger charge is -2.46. The first-order valence-electron chi connectivity index (χ1n) is 14.1. The van der Waals surface area contributed by atoms with E-state index >= 15 is 0 Å². The van der Waals surface area contributed by atoms with Crippen LogP contribution >= 0.6 is 0 Å². The molecule has 3 rings (SSSR count). The molecule has 3 aliphatic rings. The van der Waals surface area contributed by atoms with Crippen LogP contribution < -0.4 is 0 Å². The van der Waals surface area contributed by atoms with Crippen LogP contribution in [0.1, 0.15) is 71.6 Å². The zero-order chi connectivity index (χ0) is 25.5. The molecular weight excluding hydrogens is 509 g/mol. The Labute approximate surface area is 221 Å². The van der Waals surface area contributed by atoms with Crippen molar-refractivity contribution in [1.29, 1.82) is 0 Å². The lowest BCUT2D eigenvalue weighted by molar-refractivity contribution is -0.0314. The highest BCUT2D eigenvalue weighted by atomic mass is 28.5. The fourth-order valence-corrected chi connectivity index (χ4v) is 21.3. The zero-order valence-electron chi connectivity index (χ0n) is 23.3. The molecule has 1 saturated heterocycles. The van der Waals surface area contributed by atoms with Gasteiger partial charge in [0.25, 0.3) is 27.9 Å². The number of ether oxygens (including phenoxy) is 2. The van der Waals surface area contributed by atoms with Gasteiger partial charge >= 0.3 is 8.56 Å². The Balaban J connectivity index is 1.35. The van der Waals surface area contributed by atoms with Crippen LogP contribution in [0.4, 0.5) is 0 Å². The maximum absolute atomic E-state index is 6.40. The van der Waals surface area contributed by atoms with Gasteiger partial charge in [0.2, 0.25) is 0 Å². The van der Waals surface area contributed by atoms with Crippen molar-refractivity contribution in [3.8, 4) is 0 Å². The van der Waals surface area contributed by atoms with Gasteiger partial charge in [-0.05, 0) is 107 Å². The second kappa shape index (κ2) is 14.0. The normalized spacial score (nSPS) is 39.5. The van der Waals surface area contributed by atoms with Gasteiger partial charge < -0.3 is 25.9 Å². The molecule has 0 bridgehead atoms. The van der Waals surface area contributed by atoms with E-state index in [0.717, 1.165) is 30.9 Å². The smallest absolute Gasteiger partial charge is 0.317 e. The average molecular weight is 561 g/mol. The molecule has 204 valence electrons. The number of hydrogen-bond donors (Lipinski definition) is 0. The monoisotopic (exact) mass is 560 g/mol. The molecule has 1 heterocycles.